The lowest BCUT2D eigenvalue weighted by atomic mass is 10.1. The molecule has 0 aliphatic carbocycles. The van der Waals surface area contributed by atoms with E-state index >= 15 is 0 Å². The van der Waals surface area contributed by atoms with E-state index in [0.29, 0.717) is 30.9 Å². The molecule has 166 valence electrons. The highest BCUT2D eigenvalue weighted by atomic mass is 32.2. The Labute approximate surface area is 184 Å². The Morgan fingerprint density at radius 1 is 1.06 bits per heavy atom. The van der Waals surface area contributed by atoms with E-state index in [0.717, 1.165) is 24.8 Å². The Balaban J connectivity index is 1.86. The number of carbonyl (C=O) groups is 2. The van der Waals surface area contributed by atoms with Gasteiger partial charge in [-0.25, -0.2) is 8.42 Å². The molecular weight excluding hydrogens is 414 g/mol. The number of piperidine rings is 1. The van der Waals surface area contributed by atoms with Gasteiger partial charge in [-0.05, 0) is 49.1 Å². The fraction of sp³-hybridized carbons (Fsp3) is 0.391. The zero-order chi connectivity index (χ0) is 22.6. The van der Waals surface area contributed by atoms with Crippen molar-refractivity contribution < 1.29 is 18.0 Å². The van der Waals surface area contributed by atoms with Gasteiger partial charge in [0.05, 0.1) is 4.90 Å². The van der Waals surface area contributed by atoms with Crippen LogP contribution < -0.4 is 5.32 Å². The minimum atomic E-state index is -3.65. The molecule has 0 atom stereocenters. The number of sulfonamides is 1. The van der Waals surface area contributed by atoms with Crippen LogP contribution in [0.4, 0.5) is 5.69 Å². The molecule has 1 N–H and O–H groups in total. The summed E-state index contributed by atoms with van der Waals surface area (Å²) in [6, 6.07) is 12.0. The predicted octanol–water partition coefficient (Wildman–Crippen LogP) is 3.40. The van der Waals surface area contributed by atoms with Gasteiger partial charge in [-0.15, -0.1) is 0 Å². The number of hydrogen-bond donors (Lipinski definition) is 1. The summed E-state index contributed by atoms with van der Waals surface area (Å²) in [4.78, 5) is 26.3. The average Bonchev–Trinajstić information content (AvgIpc) is 2.75. The van der Waals surface area contributed by atoms with Crippen molar-refractivity contribution in [1.82, 2.24) is 9.21 Å². The van der Waals surface area contributed by atoms with Crippen LogP contribution in [0.1, 0.15) is 47.7 Å². The van der Waals surface area contributed by atoms with Gasteiger partial charge in [-0.1, -0.05) is 30.7 Å². The van der Waals surface area contributed by atoms with Gasteiger partial charge in [0.1, 0.15) is 0 Å². The zero-order valence-electron chi connectivity index (χ0n) is 18.2. The predicted molar refractivity (Wildman–Crippen MR) is 120 cm³/mol. The maximum atomic E-state index is 13.1. The van der Waals surface area contributed by atoms with Crippen LogP contribution in [0.15, 0.2) is 47.4 Å². The summed E-state index contributed by atoms with van der Waals surface area (Å²) in [5.41, 5.74) is 2.27. The molecule has 2 aromatic carbocycles. The van der Waals surface area contributed by atoms with E-state index in [4.69, 9.17) is 0 Å². The minimum absolute atomic E-state index is 0.0766. The van der Waals surface area contributed by atoms with Crippen molar-refractivity contribution in [3.05, 3.63) is 59.2 Å². The first-order valence-corrected chi connectivity index (χ1v) is 11.9. The molecule has 0 saturated carbocycles. The largest absolute Gasteiger partial charge is 0.342 e. The van der Waals surface area contributed by atoms with Crippen molar-refractivity contribution in [2.45, 2.75) is 44.6 Å². The highest BCUT2D eigenvalue weighted by Crippen LogP contribution is 2.25. The van der Waals surface area contributed by atoms with Gasteiger partial charge in [0.25, 0.3) is 5.91 Å². The first-order valence-electron chi connectivity index (χ1n) is 10.4. The molecule has 7 nitrogen and oxygen atoms in total. The standard InChI is InChI=1S/C23H29N3O4S/c1-17-11-12-19(15-22(17)31(29,30)26-13-7-4-8-14-26)23(28)24-21-10-6-5-9-20(21)16-25(3)18(2)27/h5-6,9-12,15H,4,7-8,13-14,16H2,1-3H3,(H,24,28). The van der Waals surface area contributed by atoms with Gasteiger partial charge in [0.2, 0.25) is 15.9 Å². The van der Waals surface area contributed by atoms with E-state index in [2.05, 4.69) is 5.32 Å². The number of nitrogens with zero attached hydrogens (tertiary/aromatic N) is 2. The molecule has 31 heavy (non-hydrogen) atoms. The summed E-state index contributed by atoms with van der Waals surface area (Å²) in [7, 11) is -1.95. The van der Waals surface area contributed by atoms with E-state index in [1.54, 1.807) is 43.1 Å². The summed E-state index contributed by atoms with van der Waals surface area (Å²) in [6.45, 7) is 4.60. The molecule has 0 unspecified atom stereocenters. The Kier molecular flexibility index (Phi) is 7.12. The lowest BCUT2D eigenvalue weighted by Crippen LogP contribution is -2.36. The molecule has 3 rings (SSSR count). The van der Waals surface area contributed by atoms with Crippen LogP contribution in [-0.2, 0) is 21.4 Å². The van der Waals surface area contributed by atoms with Gasteiger partial charge >= 0.3 is 0 Å². The van der Waals surface area contributed by atoms with E-state index in [9.17, 15) is 18.0 Å². The van der Waals surface area contributed by atoms with Crippen LogP contribution in [0.3, 0.4) is 0 Å². The second-order valence-electron chi connectivity index (χ2n) is 7.93. The first-order chi connectivity index (χ1) is 14.7. The monoisotopic (exact) mass is 443 g/mol. The smallest absolute Gasteiger partial charge is 0.255 e. The van der Waals surface area contributed by atoms with Gasteiger partial charge in [-0.3, -0.25) is 9.59 Å². The molecule has 0 radical (unpaired) electrons. The highest BCUT2D eigenvalue weighted by molar-refractivity contribution is 7.89. The summed E-state index contributed by atoms with van der Waals surface area (Å²) >= 11 is 0. The SMILES string of the molecule is CC(=O)N(C)Cc1ccccc1NC(=O)c1ccc(C)c(S(=O)(=O)N2CCCCC2)c1. The van der Waals surface area contributed by atoms with Gasteiger partial charge < -0.3 is 10.2 Å². The van der Waals surface area contributed by atoms with E-state index < -0.39 is 15.9 Å². The number of rotatable bonds is 6. The Hall–Kier alpha value is -2.71. The number of amides is 2. The van der Waals surface area contributed by atoms with Crippen molar-refractivity contribution in [3.8, 4) is 0 Å². The number of nitrogens with one attached hydrogen (secondary N) is 1. The number of hydrogen-bond acceptors (Lipinski definition) is 4. The quantitative estimate of drug-likeness (QED) is 0.741. The number of para-hydroxylation sites is 1. The van der Waals surface area contributed by atoms with Crippen molar-refractivity contribution in [2.75, 3.05) is 25.5 Å². The van der Waals surface area contributed by atoms with Crippen LogP contribution in [-0.4, -0.2) is 49.6 Å². The van der Waals surface area contributed by atoms with E-state index in [-0.39, 0.29) is 16.4 Å². The molecule has 1 fully saturated rings. The third-order valence-corrected chi connectivity index (χ3v) is 7.63. The molecule has 1 heterocycles. The summed E-state index contributed by atoms with van der Waals surface area (Å²) in [5.74, 6) is -0.472. The fourth-order valence-electron chi connectivity index (χ4n) is 3.61. The van der Waals surface area contributed by atoms with Gasteiger partial charge in [0, 0.05) is 44.9 Å². The Bertz CT molecular complexity index is 1080. The second-order valence-corrected chi connectivity index (χ2v) is 9.84. The van der Waals surface area contributed by atoms with E-state index in [1.807, 2.05) is 12.1 Å². The molecular formula is C23H29N3O4S. The number of aryl methyl sites for hydroxylation is 1. The average molecular weight is 444 g/mol. The number of anilines is 1. The maximum Gasteiger partial charge on any atom is 0.255 e. The first kappa shape index (κ1) is 23.0. The highest BCUT2D eigenvalue weighted by Gasteiger charge is 2.28. The molecule has 1 aliphatic rings. The normalized spacial score (nSPS) is 14.8. The third-order valence-electron chi connectivity index (χ3n) is 5.59. The van der Waals surface area contributed by atoms with Crippen molar-refractivity contribution in [3.63, 3.8) is 0 Å². The lowest BCUT2D eigenvalue weighted by molar-refractivity contribution is -0.128. The second kappa shape index (κ2) is 9.62. The van der Waals surface area contributed by atoms with Crippen LogP contribution in [0.2, 0.25) is 0 Å². The third kappa shape index (κ3) is 5.32. The van der Waals surface area contributed by atoms with Gasteiger partial charge in [-0.2, -0.15) is 4.31 Å². The Morgan fingerprint density at radius 3 is 2.42 bits per heavy atom. The van der Waals surface area contributed by atoms with E-state index in [1.165, 1.54) is 17.3 Å². The summed E-state index contributed by atoms with van der Waals surface area (Å²) in [6.07, 6.45) is 2.74. The molecule has 2 aromatic rings. The van der Waals surface area contributed by atoms with Crippen LogP contribution in [0.5, 0.6) is 0 Å². The fourth-order valence-corrected chi connectivity index (χ4v) is 5.37. The van der Waals surface area contributed by atoms with Gasteiger partial charge in [0.15, 0.2) is 0 Å². The van der Waals surface area contributed by atoms with Crippen molar-refractivity contribution >= 4 is 27.5 Å². The van der Waals surface area contributed by atoms with Crippen LogP contribution >= 0.6 is 0 Å². The summed E-state index contributed by atoms with van der Waals surface area (Å²) in [5, 5.41) is 2.86. The van der Waals surface area contributed by atoms with Crippen LogP contribution in [0.25, 0.3) is 0 Å². The molecule has 8 heteroatoms. The molecule has 0 aromatic heterocycles. The molecule has 1 saturated heterocycles. The van der Waals surface area contributed by atoms with Crippen molar-refractivity contribution in [2.24, 2.45) is 0 Å². The number of carbonyl (C=O) groups excluding carboxylic acids is 2. The maximum absolute atomic E-state index is 13.1. The lowest BCUT2D eigenvalue weighted by Gasteiger charge is -2.26. The molecule has 0 spiro atoms. The molecule has 0 bridgehead atoms. The molecule has 2 amide bonds. The van der Waals surface area contributed by atoms with Crippen molar-refractivity contribution in [1.29, 1.82) is 0 Å². The minimum Gasteiger partial charge on any atom is -0.342 e. The summed E-state index contributed by atoms with van der Waals surface area (Å²) < 4.78 is 27.8. The zero-order valence-corrected chi connectivity index (χ0v) is 19.0. The number of benzene rings is 2. The topological polar surface area (TPSA) is 86.8 Å². The van der Waals surface area contributed by atoms with Crippen LogP contribution in [0, 0.1) is 6.92 Å². The Morgan fingerprint density at radius 2 is 1.74 bits per heavy atom. The molecule has 1 aliphatic heterocycles.